The summed E-state index contributed by atoms with van der Waals surface area (Å²) in [4.78, 5) is 17.0. The molecule has 0 spiro atoms. The van der Waals surface area contributed by atoms with Crippen molar-refractivity contribution in [3.05, 3.63) is 29.8 Å². The molecule has 3 rings (SSSR count). The zero-order chi connectivity index (χ0) is 13.9. The first-order chi connectivity index (χ1) is 9.75. The van der Waals surface area contributed by atoms with E-state index in [1.807, 2.05) is 11.0 Å². The zero-order valence-corrected chi connectivity index (χ0v) is 12.3. The molecule has 108 valence electrons. The minimum Gasteiger partial charge on any atom is -0.311 e. The fourth-order valence-corrected chi connectivity index (χ4v) is 3.44. The lowest BCUT2D eigenvalue weighted by Gasteiger charge is -2.36. The molecule has 0 N–H and O–H groups in total. The van der Waals surface area contributed by atoms with Gasteiger partial charge >= 0.3 is 0 Å². The number of benzene rings is 1. The molecule has 2 aliphatic rings. The molecule has 0 saturated carbocycles. The molecule has 1 saturated heterocycles. The molecule has 1 aromatic carbocycles. The van der Waals surface area contributed by atoms with Crippen LogP contribution in [-0.2, 0) is 11.2 Å². The summed E-state index contributed by atoms with van der Waals surface area (Å²) in [6.45, 7) is 4.77. The Bertz CT molecular complexity index is 486. The van der Waals surface area contributed by atoms with Crippen LogP contribution >= 0.6 is 0 Å². The van der Waals surface area contributed by atoms with Gasteiger partial charge in [0.2, 0.25) is 5.91 Å². The smallest absolute Gasteiger partial charge is 0.241 e. The Kier molecular flexibility index (Phi) is 4.06. The van der Waals surface area contributed by atoms with E-state index in [0.717, 1.165) is 31.6 Å². The Balaban J connectivity index is 1.72. The first-order valence-electron chi connectivity index (χ1n) is 7.88. The van der Waals surface area contributed by atoms with Gasteiger partial charge in [-0.15, -0.1) is 0 Å². The van der Waals surface area contributed by atoms with Crippen molar-refractivity contribution in [1.82, 2.24) is 4.90 Å². The van der Waals surface area contributed by atoms with Gasteiger partial charge < -0.3 is 4.90 Å². The molecule has 0 bridgehead atoms. The van der Waals surface area contributed by atoms with Crippen LogP contribution in [0.15, 0.2) is 24.3 Å². The van der Waals surface area contributed by atoms with Crippen LogP contribution in [0.4, 0.5) is 5.69 Å². The highest BCUT2D eigenvalue weighted by Gasteiger charge is 2.26. The monoisotopic (exact) mass is 272 g/mol. The number of piperidine rings is 1. The van der Waals surface area contributed by atoms with Crippen molar-refractivity contribution in [3.8, 4) is 0 Å². The van der Waals surface area contributed by atoms with Gasteiger partial charge in [-0.3, -0.25) is 9.69 Å². The third kappa shape index (κ3) is 2.73. The summed E-state index contributed by atoms with van der Waals surface area (Å²) in [5.74, 6) is 0.269. The zero-order valence-electron chi connectivity index (χ0n) is 12.3. The normalized spacial score (nSPS) is 23.4. The van der Waals surface area contributed by atoms with Crippen LogP contribution in [0.25, 0.3) is 0 Å². The number of carbonyl (C=O) groups is 1. The van der Waals surface area contributed by atoms with E-state index < -0.39 is 0 Å². The molecule has 3 heteroatoms. The highest BCUT2D eigenvalue weighted by Crippen LogP contribution is 2.27. The van der Waals surface area contributed by atoms with Crippen molar-refractivity contribution in [2.45, 2.75) is 45.1 Å². The fraction of sp³-hybridized carbons (Fsp3) is 0.588. The topological polar surface area (TPSA) is 23.6 Å². The second-order valence-corrected chi connectivity index (χ2v) is 6.09. The molecular formula is C17H24N2O. The first-order valence-corrected chi connectivity index (χ1v) is 7.88. The van der Waals surface area contributed by atoms with Crippen molar-refractivity contribution >= 4 is 11.6 Å². The van der Waals surface area contributed by atoms with Crippen LogP contribution < -0.4 is 4.90 Å². The number of fused-ring (bicyclic) bond motifs is 1. The van der Waals surface area contributed by atoms with E-state index in [1.165, 1.54) is 24.8 Å². The summed E-state index contributed by atoms with van der Waals surface area (Å²) in [7, 11) is 0. The molecule has 20 heavy (non-hydrogen) atoms. The van der Waals surface area contributed by atoms with E-state index in [0.29, 0.717) is 12.6 Å². The summed E-state index contributed by atoms with van der Waals surface area (Å²) in [5.41, 5.74) is 2.45. The predicted molar refractivity (Wildman–Crippen MR) is 82.0 cm³/mol. The highest BCUT2D eigenvalue weighted by atomic mass is 16.2. The number of nitrogens with zero attached hydrogens (tertiary/aromatic N) is 2. The number of hydrogen-bond acceptors (Lipinski definition) is 2. The number of carbonyl (C=O) groups excluding carboxylic acids is 1. The maximum absolute atomic E-state index is 12.7. The van der Waals surface area contributed by atoms with E-state index >= 15 is 0 Å². The molecule has 1 unspecified atom stereocenters. The fourth-order valence-electron chi connectivity index (χ4n) is 3.44. The maximum atomic E-state index is 12.7. The van der Waals surface area contributed by atoms with E-state index in [9.17, 15) is 4.79 Å². The number of hydrogen-bond donors (Lipinski definition) is 0. The average molecular weight is 272 g/mol. The molecule has 0 aliphatic carbocycles. The first kappa shape index (κ1) is 13.6. The molecule has 2 heterocycles. The van der Waals surface area contributed by atoms with Crippen molar-refractivity contribution < 1.29 is 4.79 Å². The lowest BCUT2D eigenvalue weighted by molar-refractivity contribution is -0.120. The Hall–Kier alpha value is -1.35. The van der Waals surface area contributed by atoms with Crippen LogP contribution in [-0.4, -0.2) is 36.5 Å². The number of likely N-dealkylation sites (tertiary alicyclic amines) is 1. The average Bonchev–Trinajstić information content (AvgIpc) is 2.49. The highest BCUT2D eigenvalue weighted by molar-refractivity contribution is 5.96. The molecular weight excluding hydrogens is 248 g/mol. The van der Waals surface area contributed by atoms with Crippen LogP contribution in [0.3, 0.4) is 0 Å². The van der Waals surface area contributed by atoms with Crippen molar-refractivity contribution in [2.24, 2.45) is 0 Å². The van der Waals surface area contributed by atoms with E-state index in [1.54, 1.807) is 0 Å². The molecule has 0 aromatic heterocycles. The summed E-state index contributed by atoms with van der Waals surface area (Å²) in [6.07, 6.45) is 5.94. The lowest BCUT2D eigenvalue weighted by Crippen LogP contribution is -2.47. The van der Waals surface area contributed by atoms with Crippen molar-refractivity contribution in [1.29, 1.82) is 0 Å². The van der Waals surface area contributed by atoms with Crippen molar-refractivity contribution in [2.75, 3.05) is 24.5 Å². The third-order valence-electron chi connectivity index (χ3n) is 4.69. The molecule has 0 radical (unpaired) electrons. The standard InChI is InChI=1S/C17H24N2O/c1-14-7-4-5-11-18(14)13-17(20)19-12-6-9-15-8-2-3-10-16(15)19/h2-3,8,10,14H,4-7,9,11-13H2,1H3. The third-order valence-corrected chi connectivity index (χ3v) is 4.69. The Morgan fingerprint density at radius 3 is 2.90 bits per heavy atom. The quantitative estimate of drug-likeness (QED) is 0.826. The van der Waals surface area contributed by atoms with Gasteiger partial charge in [0.15, 0.2) is 0 Å². The number of para-hydroxylation sites is 1. The maximum Gasteiger partial charge on any atom is 0.241 e. The summed E-state index contributed by atoms with van der Waals surface area (Å²) in [5, 5.41) is 0. The molecule has 1 atom stereocenters. The summed E-state index contributed by atoms with van der Waals surface area (Å²) >= 11 is 0. The van der Waals surface area contributed by atoms with Gasteiger partial charge in [-0.2, -0.15) is 0 Å². The van der Waals surface area contributed by atoms with Gasteiger partial charge in [0, 0.05) is 18.3 Å². The van der Waals surface area contributed by atoms with Gasteiger partial charge in [0.05, 0.1) is 6.54 Å². The van der Waals surface area contributed by atoms with Gasteiger partial charge in [-0.05, 0) is 50.8 Å². The van der Waals surface area contributed by atoms with Crippen LogP contribution in [0, 0.1) is 0 Å². The second-order valence-electron chi connectivity index (χ2n) is 6.09. The SMILES string of the molecule is CC1CCCCN1CC(=O)N1CCCc2ccccc21. The van der Waals surface area contributed by atoms with E-state index in [2.05, 4.69) is 30.0 Å². The predicted octanol–water partition coefficient (Wildman–Crippen LogP) is 2.84. The Morgan fingerprint density at radius 1 is 1.20 bits per heavy atom. The van der Waals surface area contributed by atoms with E-state index in [4.69, 9.17) is 0 Å². The molecule has 1 amide bonds. The molecule has 3 nitrogen and oxygen atoms in total. The number of anilines is 1. The Morgan fingerprint density at radius 2 is 2.05 bits per heavy atom. The van der Waals surface area contributed by atoms with Crippen LogP contribution in [0.2, 0.25) is 0 Å². The van der Waals surface area contributed by atoms with Gasteiger partial charge in [0.1, 0.15) is 0 Å². The number of rotatable bonds is 2. The van der Waals surface area contributed by atoms with Gasteiger partial charge in [-0.25, -0.2) is 0 Å². The number of amides is 1. The van der Waals surface area contributed by atoms with Crippen molar-refractivity contribution in [3.63, 3.8) is 0 Å². The van der Waals surface area contributed by atoms with Gasteiger partial charge in [-0.1, -0.05) is 24.6 Å². The van der Waals surface area contributed by atoms with Crippen LogP contribution in [0.1, 0.15) is 38.2 Å². The largest absolute Gasteiger partial charge is 0.311 e. The minimum absolute atomic E-state index is 0.269. The lowest BCUT2D eigenvalue weighted by atomic mass is 10.0. The van der Waals surface area contributed by atoms with Crippen LogP contribution in [0.5, 0.6) is 0 Å². The second kappa shape index (κ2) is 5.96. The Labute approximate surface area is 121 Å². The number of aryl methyl sites for hydroxylation is 1. The molecule has 1 aromatic rings. The summed E-state index contributed by atoms with van der Waals surface area (Å²) in [6, 6.07) is 8.89. The molecule has 1 fully saturated rings. The summed E-state index contributed by atoms with van der Waals surface area (Å²) < 4.78 is 0. The van der Waals surface area contributed by atoms with E-state index in [-0.39, 0.29) is 5.91 Å². The van der Waals surface area contributed by atoms with Gasteiger partial charge in [0.25, 0.3) is 0 Å². The minimum atomic E-state index is 0.269. The molecule has 2 aliphatic heterocycles.